The summed E-state index contributed by atoms with van der Waals surface area (Å²) in [7, 11) is 0. The SMILES string of the molecule is CCC(O)(CC)CNC(=O)c1ccc2ccccc2c1O. The number of phenols is 1. The highest BCUT2D eigenvalue weighted by Crippen LogP contribution is 2.28. The number of carbonyl (C=O) groups is 1. The lowest BCUT2D eigenvalue weighted by molar-refractivity contribution is 0.0313. The Bertz CT molecular complexity index is 648. The fourth-order valence-corrected chi connectivity index (χ4v) is 2.28. The second-order valence-electron chi connectivity index (χ2n) is 5.30. The number of aromatic hydroxyl groups is 1. The van der Waals surface area contributed by atoms with Crippen LogP contribution in [0.3, 0.4) is 0 Å². The molecule has 2 rings (SSSR count). The fourth-order valence-electron chi connectivity index (χ4n) is 2.28. The Morgan fingerprint density at radius 1 is 1.14 bits per heavy atom. The molecule has 2 aromatic carbocycles. The minimum Gasteiger partial charge on any atom is -0.506 e. The zero-order chi connectivity index (χ0) is 15.5. The van der Waals surface area contributed by atoms with Crippen LogP contribution in [0.4, 0.5) is 0 Å². The summed E-state index contributed by atoms with van der Waals surface area (Å²) in [6.45, 7) is 3.93. The molecule has 112 valence electrons. The van der Waals surface area contributed by atoms with E-state index in [9.17, 15) is 15.0 Å². The van der Waals surface area contributed by atoms with E-state index < -0.39 is 5.60 Å². The van der Waals surface area contributed by atoms with Crippen LogP contribution in [0.25, 0.3) is 10.8 Å². The first kappa shape index (κ1) is 15.3. The van der Waals surface area contributed by atoms with Gasteiger partial charge in [-0.2, -0.15) is 0 Å². The Hall–Kier alpha value is -2.07. The van der Waals surface area contributed by atoms with Crippen molar-refractivity contribution in [3.63, 3.8) is 0 Å². The summed E-state index contributed by atoms with van der Waals surface area (Å²) in [5, 5.41) is 24.7. The summed E-state index contributed by atoms with van der Waals surface area (Å²) < 4.78 is 0. The lowest BCUT2D eigenvalue weighted by Gasteiger charge is -2.25. The molecule has 0 heterocycles. The lowest BCUT2D eigenvalue weighted by atomic mass is 9.97. The first-order valence-electron chi connectivity index (χ1n) is 7.22. The molecule has 0 aliphatic rings. The van der Waals surface area contributed by atoms with Crippen LogP contribution in [0.1, 0.15) is 37.0 Å². The number of nitrogens with one attached hydrogen (secondary N) is 1. The normalized spacial score (nSPS) is 11.6. The van der Waals surface area contributed by atoms with E-state index in [1.807, 2.05) is 32.0 Å². The average Bonchev–Trinajstić information content (AvgIpc) is 2.53. The van der Waals surface area contributed by atoms with Gasteiger partial charge in [-0.25, -0.2) is 0 Å². The van der Waals surface area contributed by atoms with Gasteiger partial charge in [0.1, 0.15) is 5.75 Å². The maximum Gasteiger partial charge on any atom is 0.255 e. The predicted molar refractivity (Wildman–Crippen MR) is 83.5 cm³/mol. The molecule has 0 bridgehead atoms. The molecule has 0 radical (unpaired) electrons. The standard InChI is InChI=1S/C17H21NO3/c1-3-17(21,4-2)11-18-16(20)14-10-9-12-7-5-6-8-13(12)15(14)19/h5-10,19,21H,3-4,11H2,1-2H3,(H,18,20). The molecule has 3 N–H and O–H groups in total. The number of phenolic OH excluding ortho intramolecular Hbond substituents is 1. The van der Waals surface area contributed by atoms with Crippen LogP contribution < -0.4 is 5.32 Å². The summed E-state index contributed by atoms with van der Waals surface area (Å²) in [6.07, 6.45) is 1.13. The van der Waals surface area contributed by atoms with Gasteiger partial charge >= 0.3 is 0 Å². The van der Waals surface area contributed by atoms with Crippen LogP contribution in [-0.4, -0.2) is 28.3 Å². The largest absolute Gasteiger partial charge is 0.506 e. The number of benzene rings is 2. The Morgan fingerprint density at radius 3 is 2.48 bits per heavy atom. The zero-order valence-corrected chi connectivity index (χ0v) is 12.4. The van der Waals surface area contributed by atoms with Gasteiger partial charge < -0.3 is 15.5 Å². The van der Waals surface area contributed by atoms with E-state index in [0.29, 0.717) is 18.2 Å². The van der Waals surface area contributed by atoms with Gasteiger partial charge in [0.25, 0.3) is 5.91 Å². The highest BCUT2D eigenvalue weighted by Gasteiger charge is 2.23. The number of amides is 1. The van der Waals surface area contributed by atoms with Crippen LogP contribution in [0, 0.1) is 0 Å². The van der Waals surface area contributed by atoms with Crippen molar-refractivity contribution in [2.45, 2.75) is 32.3 Å². The second-order valence-corrected chi connectivity index (χ2v) is 5.30. The number of carbonyl (C=O) groups excluding carboxylic acids is 1. The molecule has 0 saturated heterocycles. The highest BCUT2D eigenvalue weighted by atomic mass is 16.3. The molecule has 0 aliphatic heterocycles. The molecule has 4 nitrogen and oxygen atoms in total. The first-order chi connectivity index (χ1) is 10.0. The quantitative estimate of drug-likeness (QED) is 0.792. The van der Waals surface area contributed by atoms with Crippen molar-refractivity contribution in [2.24, 2.45) is 0 Å². The molecule has 1 amide bonds. The van der Waals surface area contributed by atoms with Crippen molar-refractivity contribution in [3.05, 3.63) is 42.0 Å². The summed E-state index contributed by atoms with van der Waals surface area (Å²) in [5.74, 6) is -0.402. The van der Waals surface area contributed by atoms with Gasteiger partial charge in [0.2, 0.25) is 0 Å². The Balaban J connectivity index is 2.22. The summed E-state index contributed by atoms with van der Waals surface area (Å²) in [5.41, 5.74) is -0.675. The van der Waals surface area contributed by atoms with E-state index in [0.717, 1.165) is 5.39 Å². The van der Waals surface area contributed by atoms with Gasteiger partial charge in [0.05, 0.1) is 11.2 Å². The molecule has 0 atom stereocenters. The fraction of sp³-hybridized carbons (Fsp3) is 0.353. The molecule has 0 unspecified atom stereocenters. The van der Waals surface area contributed by atoms with Crippen LogP contribution in [0.5, 0.6) is 5.75 Å². The van der Waals surface area contributed by atoms with E-state index in [1.54, 1.807) is 18.2 Å². The van der Waals surface area contributed by atoms with Crippen molar-refractivity contribution < 1.29 is 15.0 Å². The van der Waals surface area contributed by atoms with Crippen LogP contribution in [0.2, 0.25) is 0 Å². The van der Waals surface area contributed by atoms with E-state index in [-0.39, 0.29) is 23.8 Å². The van der Waals surface area contributed by atoms with E-state index in [4.69, 9.17) is 0 Å². The molecule has 0 aromatic heterocycles. The summed E-state index contributed by atoms with van der Waals surface area (Å²) >= 11 is 0. The Morgan fingerprint density at radius 2 is 1.81 bits per heavy atom. The van der Waals surface area contributed by atoms with Crippen molar-refractivity contribution >= 4 is 16.7 Å². The molecular weight excluding hydrogens is 266 g/mol. The third-order valence-corrected chi connectivity index (χ3v) is 4.04. The minimum absolute atomic E-state index is 0.0258. The van der Waals surface area contributed by atoms with Gasteiger partial charge in [0, 0.05) is 11.9 Å². The number of rotatable bonds is 5. The van der Waals surface area contributed by atoms with Gasteiger partial charge in [0.15, 0.2) is 0 Å². The van der Waals surface area contributed by atoms with E-state index >= 15 is 0 Å². The van der Waals surface area contributed by atoms with Crippen LogP contribution >= 0.6 is 0 Å². The molecule has 0 aliphatic carbocycles. The Labute approximate surface area is 124 Å². The number of hydrogen-bond acceptors (Lipinski definition) is 3. The molecule has 0 saturated carbocycles. The summed E-state index contributed by atoms with van der Waals surface area (Å²) in [4.78, 5) is 12.2. The monoisotopic (exact) mass is 287 g/mol. The van der Waals surface area contributed by atoms with Gasteiger partial charge in [-0.3, -0.25) is 4.79 Å². The van der Waals surface area contributed by atoms with Gasteiger partial charge in [-0.15, -0.1) is 0 Å². The molecule has 2 aromatic rings. The maximum atomic E-state index is 12.2. The van der Waals surface area contributed by atoms with Crippen molar-refractivity contribution in [1.82, 2.24) is 5.32 Å². The number of fused-ring (bicyclic) bond motifs is 1. The molecule has 0 fully saturated rings. The highest BCUT2D eigenvalue weighted by molar-refractivity contribution is 6.03. The van der Waals surface area contributed by atoms with Crippen LogP contribution in [-0.2, 0) is 0 Å². The predicted octanol–water partition coefficient (Wildman–Crippen LogP) is 2.83. The van der Waals surface area contributed by atoms with Crippen molar-refractivity contribution in [3.8, 4) is 5.75 Å². The number of aliphatic hydroxyl groups is 1. The average molecular weight is 287 g/mol. The second kappa shape index (κ2) is 6.14. The Kier molecular flexibility index (Phi) is 4.48. The van der Waals surface area contributed by atoms with Gasteiger partial charge in [-0.05, 0) is 24.3 Å². The van der Waals surface area contributed by atoms with Crippen LogP contribution in [0.15, 0.2) is 36.4 Å². The third kappa shape index (κ3) is 3.16. The maximum absolute atomic E-state index is 12.2. The third-order valence-electron chi connectivity index (χ3n) is 4.04. The first-order valence-corrected chi connectivity index (χ1v) is 7.22. The summed E-state index contributed by atoms with van der Waals surface area (Å²) in [6, 6.07) is 10.8. The molecule has 0 spiro atoms. The smallest absolute Gasteiger partial charge is 0.255 e. The minimum atomic E-state index is -0.901. The molecule has 21 heavy (non-hydrogen) atoms. The van der Waals surface area contributed by atoms with Crippen molar-refractivity contribution in [2.75, 3.05) is 6.54 Å². The molecule has 4 heteroatoms. The number of hydrogen-bond donors (Lipinski definition) is 3. The zero-order valence-electron chi connectivity index (χ0n) is 12.4. The van der Waals surface area contributed by atoms with E-state index in [2.05, 4.69) is 5.32 Å². The van der Waals surface area contributed by atoms with Gasteiger partial charge in [-0.1, -0.05) is 44.2 Å². The van der Waals surface area contributed by atoms with Crippen molar-refractivity contribution in [1.29, 1.82) is 0 Å². The van der Waals surface area contributed by atoms with E-state index in [1.165, 1.54) is 0 Å². The molecular formula is C17H21NO3. The topological polar surface area (TPSA) is 69.6 Å². The lowest BCUT2D eigenvalue weighted by Crippen LogP contribution is -2.42.